The minimum Gasteiger partial charge on any atom is -0.452 e. The molecule has 1 amide bonds. The van der Waals surface area contributed by atoms with Crippen LogP contribution in [0.25, 0.3) is 0 Å². The summed E-state index contributed by atoms with van der Waals surface area (Å²) in [5, 5.41) is 4.31. The smallest absolute Gasteiger partial charge is 0.410 e. The summed E-state index contributed by atoms with van der Waals surface area (Å²) >= 11 is 0. The van der Waals surface area contributed by atoms with Gasteiger partial charge in [-0.15, -0.1) is 0 Å². The van der Waals surface area contributed by atoms with Crippen molar-refractivity contribution in [1.29, 1.82) is 0 Å². The molecule has 0 radical (unpaired) electrons. The molecule has 7 nitrogen and oxygen atoms in total. The van der Waals surface area contributed by atoms with Crippen molar-refractivity contribution in [2.75, 3.05) is 18.8 Å². The summed E-state index contributed by atoms with van der Waals surface area (Å²) in [5.74, 6) is 1.62. The van der Waals surface area contributed by atoms with Gasteiger partial charge in [-0.1, -0.05) is 12.1 Å². The predicted molar refractivity (Wildman–Crippen MR) is 94.5 cm³/mol. The number of hydrogen-bond donors (Lipinski definition) is 1. The molecule has 0 spiro atoms. The van der Waals surface area contributed by atoms with Gasteiger partial charge in [-0.05, 0) is 32.9 Å². The van der Waals surface area contributed by atoms with Crippen LogP contribution in [-0.2, 0) is 11.3 Å². The molecule has 1 saturated heterocycles. The topological polar surface area (TPSA) is 82.6 Å². The highest BCUT2D eigenvalue weighted by Gasteiger charge is 2.33. The number of hydrogen-bond acceptors (Lipinski definition) is 5. The molecular weight excluding hydrogens is 320 g/mol. The summed E-state index contributed by atoms with van der Waals surface area (Å²) < 4.78 is 12.9. The minimum atomic E-state index is -0.463. The predicted octanol–water partition coefficient (Wildman–Crippen LogP) is 3.12. The zero-order valence-electron chi connectivity index (χ0n) is 14.8. The van der Waals surface area contributed by atoms with E-state index in [0.29, 0.717) is 36.2 Å². The Morgan fingerprint density at radius 1 is 1.32 bits per heavy atom. The van der Waals surface area contributed by atoms with Crippen molar-refractivity contribution in [3.63, 3.8) is 0 Å². The molecular formula is C18H24N4O3. The van der Waals surface area contributed by atoms with Crippen LogP contribution in [0.1, 0.15) is 20.8 Å². The molecule has 0 unspecified atom stereocenters. The molecule has 1 aromatic heterocycles. The van der Waals surface area contributed by atoms with Crippen LogP contribution in [-0.4, -0.2) is 39.5 Å². The molecule has 0 saturated carbocycles. The van der Waals surface area contributed by atoms with Gasteiger partial charge in [-0.3, -0.25) is 4.68 Å². The van der Waals surface area contributed by atoms with Gasteiger partial charge in [0.2, 0.25) is 0 Å². The third kappa shape index (κ3) is 4.43. The van der Waals surface area contributed by atoms with E-state index in [2.05, 4.69) is 5.10 Å². The van der Waals surface area contributed by atoms with Crippen LogP contribution < -0.4 is 10.5 Å². The highest BCUT2D eigenvalue weighted by atomic mass is 16.6. The quantitative estimate of drug-likeness (QED) is 0.862. The number of likely N-dealkylation sites (tertiary alicyclic amines) is 1. The van der Waals surface area contributed by atoms with E-state index < -0.39 is 5.60 Å². The number of nitrogens with two attached hydrogens (primary N) is 1. The number of para-hydroxylation sites is 2. The van der Waals surface area contributed by atoms with Crippen LogP contribution >= 0.6 is 0 Å². The molecule has 0 bridgehead atoms. The molecule has 3 rings (SSSR count). The van der Waals surface area contributed by atoms with E-state index in [-0.39, 0.29) is 6.09 Å². The number of ether oxygens (including phenoxy) is 2. The molecule has 0 aliphatic carbocycles. The van der Waals surface area contributed by atoms with Gasteiger partial charge < -0.3 is 20.1 Å². The van der Waals surface area contributed by atoms with Gasteiger partial charge in [0, 0.05) is 25.6 Å². The first-order valence-corrected chi connectivity index (χ1v) is 8.33. The summed E-state index contributed by atoms with van der Waals surface area (Å²) in [4.78, 5) is 13.6. The molecule has 25 heavy (non-hydrogen) atoms. The minimum absolute atomic E-state index is 0.257. The maximum atomic E-state index is 11.9. The Bertz CT molecular complexity index is 745. The fourth-order valence-electron chi connectivity index (χ4n) is 2.62. The van der Waals surface area contributed by atoms with Crippen molar-refractivity contribution >= 4 is 11.8 Å². The van der Waals surface area contributed by atoms with E-state index in [1.807, 2.05) is 49.8 Å². The Kier molecular flexibility index (Phi) is 4.57. The second-order valence-electron chi connectivity index (χ2n) is 7.29. The highest BCUT2D eigenvalue weighted by Crippen LogP contribution is 2.27. The average Bonchev–Trinajstić information content (AvgIpc) is 2.90. The van der Waals surface area contributed by atoms with Crippen molar-refractivity contribution in [2.45, 2.75) is 32.9 Å². The first-order valence-electron chi connectivity index (χ1n) is 8.33. The maximum absolute atomic E-state index is 11.9. The lowest BCUT2D eigenvalue weighted by Gasteiger charge is -2.39. The number of nitrogens with zero attached hydrogens (tertiary/aromatic N) is 3. The third-order valence-corrected chi connectivity index (χ3v) is 3.81. The number of benzene rings is 1. The van der Waals surface area contributed by atoms with Crippen LogP contribution in [0.5, 0.6) is 11.5 Å². The first-order chi connectivity index (χ1) is 11.8. The van der Waals surface area contributed by atoms with Gasteiger partial charge in [0.1, 0.15) is 11.4 Å². The lowest BCUT2D eigenvalue weighted by molar-refractivity contribution is -0.00384. The summed E-state index contributed by atoms with van der Waals surface area (Å²) in [6, 6.07) is 7.34. The molecule has 134 valence electrons. The molecule has 2 aromatic rings. The van der Waals surface area contributed by atoms with Crippen LogP contribution in [0.2, 0.25) is 0 Å². The van der Waals surface area contributed by atoms with Gasteiger partial charge in [0.05, 0.1) is 18.1 Å². The van der Waals surface area contributed by atoms with Crippen LogP contribution in [0.15, 0.2) is 36.7 Å². The molecule has 1 aliphatic heterocycles. The fraction of sp³-hybridized carbons (Fsp3) is 0.444. The standard InChI is InChI=1S/C18H24N4O3/c1-18(2,3)25-17(23)21-9-13(10-21)11-22-12-14(8-20-22)24-16-7-5-4-6-15(16)19/h4-8,12-13H,9-11,19H2,1-3H3. The van der Waals surface area contributed by atoms with Gasteiger partial charge in [-0.2, -0.15) is 5.10 Å². The van der Waals surface area contributed by atoms with E-state index in [1.54, 1.807) is 17.2 Å². The van der Waals surface area contributed by atoms with E-state index in [4.69, 9.17) is 15.2 Å². The van der Waals surface area contributed by atoms with Crippen molar-refractivity contribution < 1.29 is 14.3 Å². The zero-order chi connectivity index (χ0) is 18.0. The Morgan fingerprint density at radius 3 is 2.72 bits per heavy atom. The SMILES string of the molecule is CC(C)(C)OC(=O)N1CC(Cn2cc(Oc3ccccc3N)cn2)C1. The number of amides is 1. The Balaban J connectivity index is 1.49. The Hall–Kier alpha value is -2.70. The number of carbonyl (C=O) groups is 1. The molecule has 0 atom stereocenters. The number of aromatic nitrogens is 2. The van der Waals surface area contributed by atoms with E-state index >= 15 is 0 Å². The van der Waals surface area contributed by atoms with Crippen LogP contribution in [0.3, 0.4) is 0 Å². The van der Waals surface area contributed by atoms with Crippen molar-refractivity contribution in [3.05, 3.63) is 36.7 Å². The van der Waals surface area contributed by atoms with E-state index in [9.17, 15) is 4.79 Å². The number of anilines is 1. The summed E-state index contributed by atoms with van der Waals surface area (Å²) in [5.41, 5.74) is 6.00. The summed E-state index contributed by atoms with van der Waals surface area (Å²) in [6.07, 6.45) is 3.24. The van der Waals surface area contributed by atoms with Gasteiger partial charge >= 0.3 is 6.09 Å². The Labute approximate surface area is 147 Å². The average molecular weight is 344 g/mol. The summed E-state index contributed by atoms with van der Waals surface area (Å²) in [6.45, 7) is 7.69. The first kappa shape index (κ1) is 17.1. The lowest BCUT2D eigenvalue weighted by atomic mass is 10.0. The van der Waals surface area contributed by atoms with E-state index in [1.165, 1.54) is 0 Å². The third-order valence-electron chi connectivity index (χ3n) is 3.81. The molecule has 2 N–H and O–H groups in total. The van der Waals surface area contributed by atoms with Gasteiger partial charge in [0.25, 0.3) is 0 Å². The number of nitrogen functional groups attached to an aromatic ring is 1. The highest BCUT2D eigenvalue weighted by molar-refractivity contribution is 5.69. The Morgan fingerprint density at radius 2 is 2.04 bits per heavy atom. The lowest BCUT2D eigenvalue weighted by Crippen LogP contribution is -2.52. The molecule has 1 fully saturated rings. The maximum Gasteiger partial charge on any atom is 0.410 e. The largest absolute Gasteiger partial charge is 0.452 e. The normalized spacial score (nSPS) is 14.9. The molecule has 1 aliphatic rings. The fourth-order valence-corrected chi connectivity index (χ4v) is 2.62. The molecule has 1 aromatic carbocycles. The second-order valence-corrected chi connectivity index (χ2v) is 7.29. The summed E-state index contributed by atoms with van der Waals surface area (Å²) in [7, 11) is 0. The van der Waals surface area contributed by atoms with Gasteiger partial charge in [0.15, 0.2) is 5.75 Å². The van der Waals surface area contributed by atoms with Crippen molar-refractivity contribution in [1.82, 2.24) is 14.7 Å². The monoisotopic (exact) mass is 344 g/mol. The number of carbonyl (C=O) groups excluding carboxylic acids is 1. The molecule has 2 heterocycles. The molecule has 7 heteroatoms. The van der Waals surface area contributed by atoms with Crippen molar-refractivity contribution in [3.8, 4) is 11.5 Å². The van der Waals surface area contributed by atoms with Gasteiger partial charge in [-0.25, -0.2) is 4.79 Å². The number of rotatable bonds is 4. The zero-order valence-corrected chi connectivity index (χ0v) is 14.8. The van der Waals surface area contributed by atoms with Crippen LogP contribution in [0, 0.1) is 5.92 Å². The van der Waals surface area contributed by atoms with Crippen LogP contribution in [0.4, 0.5) is 10.5 Å². The second kappa shape index (κ2) is 6.66. The van der Waals surface area contributed by atoms with Crippen molar-refractivity contribution in [2.24, 2.45) is 5.92 Å². The van der Waals surface area contributed by atoms with E-state index in [0.717, 1.165) is 6.54 Å².